The fourth-order valence-corrected chi connectivity index (χ4v) is 3.02. The van der Waals surface area contributed by atoms with E-state index in [9.17, 15) is 9.90 Å². The number of nitriles is 1. The summed E-state index contributed by atoms with van der Waals surface area (Å²) in [5, 5.41) is 19.2. The summed E-state index contributed by atoms with van der Waals surface area (Å²) in [5.41, 5.74) is 3.08. The van der Waals surface area contributed by atoms with E-state index in [4.69, 9.17) is 5.26 Å². The second-order valence-corrected chi connectivity index (χ2v) is 5.42. The molecule has 1 aromatic carbocycles. The zero-order valence-electron chi connectivity index (χ0n) is 12.8. The predicted molar refractivity (Wildman–Crippen MR) is 86.4 cm³/mol. The summed E-state index contributed by atoms with van der Waals surface area (Å²) in [4.78, 5) is 16.0. The van der Waals surface area contributed by atoms with E-state index < -0.39 is 5.97 Å². The third-order valence-electron chi connectivity index (χ3n) is 4.11. The highest BCUT2D eigenvalue weighted by molar-refractivity contribution is 6.04. The van der Waals surface area contributed by atoms with E-state index in [1.54, 1.807) is 31.3 Å². The lowest BCUT2D eigenvalue weighted by molar-refractivity contribution is 0.0698. The first-order valence-electron chi connectivity index (χ1n) is 7.23. The molecule has 0 saturated carbocycles. The van der Waals surface area contributed by atoms with Gasteiger partial charge in [-0.2, -0.15) is 5.26 Å². The molecule has 0 radical (unpaired) electrons. The first-order chi connectivity index (χ1) is 11.0. The quantitative estimate of drug-likeness (QED) is 0.803. The van der Waals surface area contributed by atoms with Crippen LogP contribution in [0.25, 0.3) is 11.0 Å². The number of carboxylic acid groups (broad SMARTS) is 1. The summed E-state index contributed by atoms with van der Waals surface area (Å²) in [6.45, 7) is 3.76. The number of carboxylic acids is 1. The van der Waals surface area contributed by atoms with E-state index in [1.165, 1.54) is 0 Å². The van der Waals surface area contributed by atoms with Crippen molar-refractivity contribution in [2.24, 2.45) is 0 Å². The van der Waals surface area contributed by atoms with Crippen LogP contribution in [0.3, 0.4) is 0 Å². The zero-order chi connectivity index (χ0) is 16.6. The first kappa shape index (κ1) is 14.8. The molecule has 0 fully saturated rings. The Bertz CT molecular complexity index is 951. The van der Waals surface area contributed by atoms with Gasteiger partial charge < -0.3 is 9.67 Å². The lowest BCUT2D eigenvalue weighted by atomic mass is 10.1. The van der Waals surface area contributed by atoms with Gasteiger partial charge in [-0.3, -0.25) is 0 Å². The standard InChI is InChI=1S/C18H15N3O2/c1-11(14-6-3-5-13(9-14)10-19)21-12(2)16(18(22)23)15-7-4-8-20-17(15)21/h3-9,11H,1-2H3,(H,22,23). The molecule has 0 aliphatic carbocycles. The predicted octanol–water partition coefficient (Wildman–Crippen LogP) is 3.52. The Morgan fingerprint density at radius 1 is 1.35 bits per heavy atom. The molecule has 2 heterocycles. The third-order valence-corrected chi connectivity index (χ3v) is 4.11. The van der Waals surface area contributed by atoms with Gasteiger partial charge in [-0.1, -0.05) is 12.1 Å². The summed E-state index contributed by atoms with van der Waals surface area (Å²) in [5.74, 6) is -0.961. The Labute approximate surface area is 133 Å². The molecule has 3 rings (SSSR count). The molecule has 0 aliphatic heterocycles. The topological polar surface area (TPSA) is 78.9 Å². The number of hydrogen-bond acceptors (Lipinski definition) is 3. The molecule has 5 nitrogen and oxygen atoms in total. The molecule has 114 valence electrons. The van der Waals surface area contributed by atoms with Crippen molar-refractivity contribution in [3.05, 3.63) is 65.0 Å². The van der Waals surface area contributed by atoms with Crippen molar-refractivity contribution in [3.63, 3.8) is 0 Å². The number of hydrogen-bond donors (Lipinski definition) is 1. The highest BCUT2D eigenvalue weighted by Crippen LogP contribution is 2.30. The van der Waals surface area contributed by atoms with Crippen LogP contribution < -0.4 is 0 Å². The van der Waals surface area contributed by atoms with Crippen LogP contribution in [0.4, 0.5) is 0 Å². The smallest absolute Gasteiger partial charge is 0.338 e. The maximum absolute atomic E-state index is 11.6. The minimum Gasteiger partial charge on any atom is -0.478 e. The fraction of sp³-hybridized carbons (Fsp3) is 0.167. The average molecular weight is 305 g/mol. The minimum atomic E-state index is -0.961. The summed E-state index contributed by atoms with van der Waals surface area (Å²) in [7, 11) is 0. The number of pyridine rings is 1. The molecule has 1 N–H and O–H groups in total. The van der Waals surface area contributed by atoms with Gasteiger partial charge >= 0.3 is 5.97 Å². The van der Waals surface area contributed by atoms with E-state index in [2.05, 4.69) is 11.1 Å². The van der Waals surface area contributed by atoms with Crippen molar-refractivity contribution in [1.82, 2.24) is 9.55 Å². The van der Waals surface area contributed by atoms with Crippen molar-refractivity contribution in [2.45, 2.75) is 19.9 Å². The first-order valence-corrected chi connectivity index (χ1v) is 7.23. The maximum Gasteiger partial charge on any atom is 0.338 e. The Hall–Kier alpha value is -3.13. The van der Waals surface area contributed by atoms with Crippen molar-refractivity contribution in [1.29, 1.82) is 5.26 Å². The van der Waals surface area contributed by atoms with Crippen LogP contribution in [0.15, 0.2) is 42.6 Å². The van der Waals surface area contributed by atoms with Crippen molar-refractivity contribution >= 4 is 17.0 Å². The van der Waals surface area contributed by atoms with Crippen molar-refractivity contribution in [3.8, 4) is 6.07 Å². The molecule has 5 heteroatoms. The van der Waals surface area contributed by atoms with Gasteiger partial charge in [0.25, 0.3) is 0 Å². The molecular weight excluding hydrogens is 290 g/mol. The number of carbonyl (C=O) groups is 1. The van der Waals surface area contributed by atoms with E-state index in [-0.39, 0.29) is 11.6 Å². The molecule has 2 aromatic heterocycles. The minimum absolute atomic E-state index is 0.131. The van der Waals surface area contributed by atoms with Gasteiger partial charge in [0.1, 0.15) is 5.65 Å². The maximum atomic E-state index is 11.6. The molecule has 0 bridgehead atoms. The van der Waals surface area contributed by atoms with Crippen LogP contribution >= 0.6 is 0 Å². The third kappa shape index (κ3) is 2.34. The number of aromatic nitrogens is 2. The number of aromatic carboxylic acids is 1. The Morgan fingerprint density at radius 3 is 2.83 bits per heavy atom. The molecule has 1 unspecified atom stereocenters. The number of nitrogens with zero attached hydrogens (tertiary/aromatic N) is 3. The summed E-state index contributed by atoms with van der Waals surface area (Å²) < 4.78 is 1.91. The van der Waals surface area contributed by atoms with Crippen LogP contribution in [0.1, 0.15) is 40.1 Å². The van der Waals surface area contributed by atoms with Crippen LogP contribution in [0.5, 0.6) is 0 Å². The van der Waals surface area contributed by atoms with Gasteiger partial charge in [0.2, 0.25) is 0 Å². The summed E-state index contributed by atoms with van der Waals surface area (Å²) in [6.07, 6.45) is 1.66. The summed E-state index contributed by atoms with van der Waals surface area (Å²) in [6, 6.07) is 12.8. The van der Waals surface area contributed by atoms with Gasteiger partial charge in [0.15, 0.2) is 0 Å². The highest BCUT2D eigenvalue weighted by atomic mass is 16.4. The van der Waals surface area contributed by atoms with E-state index in [0.717, 1.165) is 5.56 Å². The SMILES string of the molecule is Cc1c(C(=O)O)c2cccnc2n1C(C)c1cccc(C#N)c1. The van der Waals surface area contributed by atoms with Gasteiger partial charge in [-0.15, -0.1) is 0 Å². The Kier molecular flexibility index (Phi) is 3.59. The van der Waals surface area contributed by atoms with Crippen LogP contribution in [-0.4, -0.2) is 20.6 Å². The number of rotatable bonds is 3. The van der Waals surface area contributed by atoms with Gasteiger partial charge in [0, 0.05) is 17.3 Å². The molecule has 0 spiro atoms. The second kappa shape index (κ2) is 5.58. The van der Waals surface area contributed by atoms with E-state index in [1.807, 2.05) is 29.7 Å². The average Bonchev–Trinajstić information content (AvgIpc) is 2.86. The summed E-state index contributed by atoms with van der Waals surface area (Å²) >= 11 is 0. The van der Waals surface area contributed by atoms with Gasteiger partial charge in [0.05, 0.1) is 23.2 Å². The molecular formula is C18H15N3O2. The zero-order valence-corrected chi connectivity index (χ0v) is 12.8. The van der Waals surface area contributed by atoms with Crippen LogP contribution in [-0.2, 0) is 0 Å². The number of benzene rings is 1. The largest absolute Gasteiger partial charge is 0.478 e. The molecule has 0 saturated heterocycles. The highest BCUT2D eigenvalue weighted by Gasteiger charge is 2.23. The van der Waals surface area contributed by atoms with Gasteiger partial charge in [-0.05, 0) is 43.7 Å². The van der Waals surface area contributed by atoms with E-state index >= 15 is 0 Å². The normalized spacial score (nSPS) is 12.0. The second-order valence-electron chi connectivity index (χ2n) is 5.42. The molecule has 0 amide bonds. The number of fused-ring (bicyclic) bond motifs is 1. The van der Waals surface area contributed by atoms with Crippen molar-refractivity contribution in [2.75, 3.05) is 0 Å². The molecule has 3 aromatic rings. The lowest BCUT2D eigenvalue weighted by Crippen LogP contribution is -2.10. The Balaban J connectivity index is 2.25. The fourth-order valence-electron chi connectivity index (χ4n) is 3.02. The van der Waals surface area contributed by atoms with Gasteiger partial charge in [-0.25, -0.2) is 9.78 Å². The van der Waals surface area contributed by atoms with Crippen LogP contribution in [0.2, 0.25) is 0 Å². The molecule has 0 aliphatic rings. The lowest BCUT2D eigenvalue weighted by Gasteiger charge is -2.17. The molecule has 1 atom stereocenters. The monoisotopic (exact) mass is 305 g/mol. The Morgan fingerprint density at radius 2 is 2.13 bits per heavy atom. The van der Waals surface area contributed by atoms with Crippen molar-refractivity contribution < 1.29 is 9.90 Å². The van der Waals surface area contributed by atoms with Crippen LogP contribution in [0, 0.1) is 18.3 Å². The van der Waals surface area contributed by atoms with E-state index in [0.29, 0.717) is 22.3 Å². The molecule has 23 heavy (non-hydrogen) atoms.